The molecular weight excluding hydrogens is 285 g/mol. The fourth-order valence-electron chi connectivity index (χ4n) is 1.83. The van der Waals surface area contributed by atoms with Crippen molar-refractivity contribution in [1.29, 1.82) is 0 Å². The largest absolute Gasteiger partial charge is 0.368 e. The van der Waals surface area contributed by atoms with Gasteiger partial charge in [-0.1, -0.05) is 35.3 Å². The van der Waals surface area contributed by atoms with Crippen molar-refractivity contribution < 1.29 is 4.79 Å². The van der Waals surface area contributed by atoms with E-state index in [2.05, 4.69) is 4.98 Å². The summed E-state index contributed by atoms with van der Waals surface area (Å²) in [6.45, 7) is 1.73. The lowest BCUT2D eigenvalue weighted by molar-refractivity contribution is -0.120. The van der Waals surface area contributed by atoms with Crippen LogP contribution in [0.15, 0.2) is 30.6 Å². The topological polar surface area (TPSA) is 60.9 Å². The lowest BCUT2D eigenvalue weighted by Crippen LogP contribution is -2.25. The molecule has 0 saturated heterocycles. The van der Waals surface area contributed by atoms with Crippen molar-refractivity contribution in [3.63, 3.8) is 0 Å². The third kappa shape index (κ3) is 2.91. The van der Waals surface area contributed by atoms with Crippen molar-refractivity contribution >= 4 is 29.1 Å². The van der Waals surface area contributed by atoms with Crippen LogP contribution in [0.4, 0.5) is 0 Å². The molecule has 4 nitrogen and oxygen atoms in total. The summed E-state index contributed by atoms with van der Waals surface area (Å²) in [5.74, 6) is 0.312. The van der Waals surface area contributed by atoms with Gasteiger partial charge < -0.3 is 10.3 Å². The summed E-state index contributed by atoms with van der Waals surface area (Å²) >= 11 is 12.1. The highest BCUT2D eigenvalue weighted by atomic mass is 35.5. The van der Waals surface area contributed by atoms with Gasteiger partial charge in [0.05, 0.1) is 10.0 Å². The van der Waals surface area contributed by atoms with Crippen LogP contribution in [-0.2, 0) is 11.2 Å². The quantitative estimate of drug-likeness (QED) is 0.943. The summed E-state index contributed by atoms with van der Waals surface area (Å²) in [7, 11) is 0. The molecule has 100 valence electrons. The van der Waals surface area contributed by atoms with E-state index in [4.69, 9.17) is 28.9 Å². The molecule has 6 heteroatoms. The first-order chi connectivity index (χ1) is 9.00. The molecule has 1 heterocycles. The second-order valence-corrected chi connectivity index (χ2v) is 5.00. The van der Waals surface area contributed by atoms with E-state index in [0.717, 1.165) is 11.4 Å². The molecule has 1 unspecified atom stereocenters. The van der Waals surface area contributed by atoms with Crippen LogP contribution in [0.1, 0.15) is 24.4 Å². The molecule has 2 aromatic rings. The molecule has 1 aromatic heterocycles. The first kappa shape index (κ1) is 13.9. The summed E-state index contributed by atoms with van der Waals surface area (Å²) in [4.78, 5) is 15.5. The van der Waals surface area contributed by atoms with E-state index < -0.39 is 11.9 Å². The van der Waals surface area contributed by atoms with Gasteiger partial charge in [-0.3, -0.25) is 4.79 Å². The summed E-state index contributed by atoms with van der Waals surface area (Å²) in [5, 5.41) is 1.01. The molecule has 0 saturated carbocycles. The van der Waals surface area contributed by atoms with Crippen molar-refractivity contribution in [2.45, 2.75) is 19.4 Å². The number of halogens is 2. The molecule has 19 heavy (non-hydrogen) atoms. The Morgan fingerprint density at radius 2 is 2.21 bits per heavy atom. The summed E-state index contributed by atoms with van der Waals surface area (Å²) < 4.78 is 1.74. The molecular formula is C13H13Cl2N3O. The second kappa shape index (κ2) is 5.63. The number of benzene rings is 1. The third-order valence-corrected chi connectivity index (χ3v) is 3.82. The zero-order chi connectivity index (χ0) is 14.0. The Morgan fingerprint density at radius 1 is 1.47 bits per heavy atom. The standard InChI is InChI=1S/C13H13Cl2N3O/c1-8(13(16)19)18-6-5-17-11(18)7-9-3-2-4-10(14)12(9)15/h2-6,8H,7H2,1H3,(H2,16,19). The molecule has 0 spiro atoms. The Labute approximate surface area is 121 Å². The highest BCUT2D eigenvalue weighted by Gasteiger charge is 2.16. The summed E-state index contributed by atoms with van der Waals surface area (Å²) in [5.41, 5.74) is 6.17. The van der Waals surface area contributed by atoms with Crippen LogP contribution in [-0.4, -0.2) is 15.5 Å². The summed E-state index contributed by atoms with van der Waals surface area (Å²) in [6, 6.07) is 4.98. The third-order valence-electron chi connectivity index (χ3n) is 2.96. The van der Waals surface area contributed by atoms with Gasteiger partial charge in [-0.2, -0.15) is 0 Å². The number of imidazole rings is 1. The Kier molecular flexibility index (Phi) is 4.12. The van der Waals surface area contributed by atoms with Gasteiger partial charge in [0.1, 0.15) is 11.9 Å². The number of carbonyl (C=O) groups excluding carboxylic acids is 1. The predicted molar refractivity (Wildman–Crippen MR) is 75.4 cm³/mol. The fourth-order valence-corrected chi connectivity index (χ4v) is 2.21. The highest BCUT2D eigenvalue weighted by Crippen LogP contribution is 2.27. The zero-order valence-electron chi connectivity index (χ0n) is 10.3. The first-order valence-corrected chi connectivity index (χ1v) is 6.50. The SMILES string of the molecule is CC(C(N)=O)n1ccnc1Cc1cccc(Cl)c1Cl. The van der Waals surface area contributed by atoms with Gasteiger partial charge in [0.15, 0.2) is 0 Å². The number of aromatic nitrogens is 2. The maximum Gasteiger partial charge on any atom is 0.240 e. The van der Waals surface area contributed by atoms with Crippen molar-refractivity contribution in [1.82, 2.24) is 9.55 Å². The Morgan fingerprint density at radius 3 is 2.89 bits per heavy atom. The van der Waals surface area contributed by atoms with Gasteiger partial charge in [-0.25, -0.2) is 4.98 Å². The highest BCUT2D eigenvalue weighted by molar-refractivity contribution is 6.42. The molecule has 0 radical (unpaired) electrons. The maximum absolute atomic E-state index is 11.2. The molecule has 0 fully saturated rings. The average Bonchev–Trinajstić information content (AvgIpc) is 2.82. The van der Waals surface area contributed by atoms with Crippen LogP contribution in [0, 0.1) is 0 Å². The monoisotopic (exact) mass is 297 g/mol. The Bertz CT molecular complexity index is 610. The van der Waals surface area contributed by atoms with E-state index in [1.807, 2.05) is 12.1 Å². The van der Waals surface area contributed by atoms with Crippen molar-refractivity contribution in [2.24, 2.45) is 5.73 Å². The van der Waals surface area contributed by atoms with Crippen LogP contribution in [0.3, 0.4) is 0 Å². The molecule has 1 aromatic carbocycles. The molecule has 0 bridgehead atoms. The Balaban J connectivity index is 2.32. The van der Waals surface area contributed by atoms with Crippen molar-refractivity contribution in [3.05, 3.63) is 52.0 Å². The van der Waals surface area contributed by atoms with E-state index in [1.54, 1.807) is 30.0 Å². The van der Waals surface area contributed by atoms with Gasteiger partial charge in [-0.05, 0) is 18.6 Å². The van der Waals surface area contributed by atoms with Crippen LogP contribution in [0.5, 0.6) is 0 Å². The number of carbonyl (C=O) groups is 1. The number of nitrogens with two attached hydrogens (primary N) is 1. The normalized spacial score (nSPS) is 12.4. The minimum atomic E-state index is -0.449. The van der Waals surface area contributed by atoms with Crippen LogP contribution in [0.2, 0.25) is 10.0 Å². The molecule has 0 aliphatic heterocycles. The lowest BCUT2D eigenvalue weighted by atomic mass is 10.1. The minimum absolute atomic E-state index is 0.406. The van der Waals surface area contributed by atoms with Gasteiger partial charge in [0, 0.05) is 18.8 Å². The minimum Gasteiger partial charge on any atom is -0.368 e. The van der Waals surface area contributed by atoms with E-state index in [-0.39, 0.29) is 0 Å². The summed E-state index contributed by atoms with van der Waals surface area (Å²) in [6.07, 6.45) is 3.85. The van der Waals surface area contributed by atoms with E-state index in [1.165, 1.54) is 0 Å². The van der Waals surface area contributed by atoms with Crippen molar-refractivity contribution in [3.8, 4) is 0 Å². The fraction of sp³-hybridized carbons (Fsp3) is 0.231. The van der Waals surface area contributed by atoms with E-state index in [0.29, 0.717) is 16.5 Å². The molecule has 2 rings (SSSR count). The predicted octanol–water partition coefficient (Wildman–Crippen LogP) is 2.83. The van der Waals surface area contributed by atoms with Gasteiger partial charge in [0.25, 0.3) is 0 Å². The molecule has 2 N–H and O–H groups in total. The number of hydrogen-bond donors (Lipinski definition) is 1. The van der Waals surface area contributed by atoms with Crippen LogP contribution < -0.4 is 5.73 Å². The maximum atomic E-state index is 11.2. The smallest absolute Gasteiger partial charge is 0.240 e. The lowest BCUT2D eigenvalue weighted by Gasteiger charge is -2.13. The first-order valence-electron chi connectivity index (χ1n) is 5.74. The van der Waals surface area contributed by atoms with Gasteiger partial charge in [-0.15, -0.1) is 0 Å². The van der Waals surface area contributed by atoms with Gasteiger partial charge in [0.2, 0.25) is 5.91 Å². The van der Waals surface area contributed by atoms with Gasteiger partial charge >= 0.3 is 0 Å². The number of rotatable bonds is 4. The van der Waals surface area contributed by atoms with Crippen LogP contribution in [0.25, 0.3) is 0 Å². The molecule has 0 aliphatic rings. The van der Waals surface area contributed by atoms with Crippen molar-refractivity contribution in [2.75, 3.05) is 0 Å². The number of nitrogens with zero attached hydrogens (tertiary/aromatic N) is 2. The van der Waals surface area contributed by atoms with E-state index >= 15 is 0 Å². The second-order valence-electron chi connectivity index (χ2n) is 4.22. The molecule has 1 amide bonds. The van der Waals surface area contributed by atoms with E-state index in [9.17, 15) is 4.79 Å². The Hall–Kier alpha value is -1.52. The number of amides is 1. The molecule has 1 atom stereocenters. The number of hydrogen-bond acceptors (Lipinski definition) is 2. The number of primary amides is 1. The van der Waals surface area contributed by atoms with Crippen LogP contribution >= 0.6 is 23.2 Å². The molecule has 0 aliphatic carbocycles. The average molecular weight is 298 g/mol. The zero-order valence-corrected chi connectivity index (χ0v) is 11.8.